The van der Waals surface area contributed by atoms with Crippen molar-refractivity contribution >= 4 is 39.1 Å². The first-order chi connectivity index (χ1) is 7.74. The summed E-state index contributed by atoms with van der Waals surface area (Å²) >= 11 is 7.52. The Bertz CT molecular complexity index is 659. The number of halogens is 1. The molecular formula is C9H6ClN5S. The van der Waals surface area contributed by atoms with Gasteiger partial charge in [-0.3, -0.25) is 5.10 Å². The first-order valence-corrected chi connectivity index (χ1v) is 5.67. The molecule has 0 radical (unpaired) electrons. The Morgan fingerprint density at radius 3 is 2.88 bits per heavy atom. The minimum absolute atomic E-state index is 0.209. The zero-order valence-electron chi connectivity index (χ0n) is 7.94. The van der Waals surface area contributed by atoms with Gasteiger partial charge in [0.05, 0.1) is 15.2 Å². The molecule has 5 nitrogen and oxygen atoms in total. The molecule has 3 rings (SSSR count). The van der Waals surface area contributed by atoms with Gasteiger partial charge in [-0.2, -0.15) is 4.98 Å². The van der Waals surface area contributed by atoms with Crippen molar-refractivity contribution in [3.63, 3.8) is 0 Å². The van der Waals surface area contributed by atoms with E-state index in [2.05, 4.69) is 20.2 Å². The van der Waals surface area contributed by atoms with Gasteiger partial charge in [0, 0.05) is 0 Å². The number of nitrogens with zero attached hydrogens (tertiary/aromatic N) is 3. The average molecular weight is 252 g/mol. The van der Waals surface area contributed by atoms with E-state index in [4.69, 9.17) is 17.3 Å². The number of thiazole rings is 1. The number of H-pyrrole nitrogens is 1. The van der Waals surface area contributed by atoms with E-state index in [1.807, 2.05) is 18.2 Å². The fourth-order valence-electron chi connectivity index (χ4n) is 1.39. The highest BCUT2D eigenvalue weighted by molar-refractivity contribution is 7.22. The molecule has 0 saturated heterocycles. The van der Waals surface area contributed by atoms with E-state index in [9.17, 15) is 0 Å². The van der Waals surface area contributed by atoms with Gasteiger partial charge in [-0.05, 0) is 12.1 Å². The number of nitrogens with two attached hydrogens (primary N) is 1. The van der Waals surface area contributed by atoms with Crippen LogP contribution in [0, 0.1) is 0 Å². The lowest BCUT2D eigenvalue weighted by Gasteiger charge is -1.87. The third-order valence-electron chi connectivity index (χ3n) is 2.07. The van der Waals surface area contributed by atoms with Gasteiger partial charge in [0.1, 0.15) is 0 Å². The van der Waals surface area contributed by atoms with E-state index in [0.717, 1.165) is 15.2 Å². The standard InChI is InChI=1S/C9H6ClN5S/c10-4-2-1-3-5-6(4)16-8(12-5)7-13-9(11)15-14-7/h1-3H,(H3,11,13,14,15). The maximum atomic E-state index is 6.06. The molecule has 0 saturated carbocycles. The summed E-state index contributed by atoms with van der Waals surface area (Å²) in [5.74, 6) is 0.773. The summed E-state index contributed by atoms with van der Waals surface area (Å²) in [7, 11) is 0. The molecule has 16 heavy (non-hydrogen) atoms. The Labute approximate surface area is 99.3 Å². The third kappa shape index (κ3) is 1.43. The SMILES string of the molecule is Nc1n[nH]c(-c2nc3cccc(Cl)c3s2)n1. The number of hydrogen-bond donors (Lipinski definition) is 2. The fraction of sp³-hybridized carbons (Fsp3) is 0. The van der Waals surface area contributed by atoms with E-state index in [1.54, 1.807) is 0 Å². The lowest BCUT2D eigenvalue weighted by Crippen LogP contribution is -1.85. The van der Waals surface area contributed by atoms with E-state index in [0.29, 0.717) is 10.8 Å². The summed E-state index contributed by atoms with van der Waals surface area (Å²) < 4.78 is 0.939. The highest BCUT2D eigenvalue weighted by atomic mass is 35.5. The van der Waals surface area contributed by atoms with Crippen molar-refractivity contribution in [1.29, 1.82) is 0 Å². The van der Waals surface area contributed by atoms with Crippen molar-refractivity contribution < 1.29 is 0 Å². The molecule has 2 heterocycles. The Hall–Kier alpha value is -1.66. The smallest absolute Gasteiger partial charge is 0.239 e. The molecule has 7 heteroatoms. The Kier molecular flexibility index (Phi) is 2.05. The first-order valence-electron chi connectivity index (χ1n) is 4.47. The van der Waals surface area contributed by atoms with Crippen LogP contribution in [0.1, 0.15) is 0 Å². The maximum absolute atomic E-state index is 6.06. The number of benzene rings is 1. The molecule has 0 aliphatic carbocycles. The molecule has 0 spiro atoms. The number of aromatic nitrogens is 4. The second-order valence-electron chi connectivity index (χ2n) is 3.15. The van der Waals surface area contributed by atoms with Crippen molar-refractivity contribution in [2.24, 2.45) is 0 Å². The van der Waals surface area contributed by atoms with Gasteiger partial charge in [0.15, 0.2) is 10.8 Å². The van der Waals surface area contributed by atoms with Crippen molar-refractivity contribution in [3.05, 3.63) is 23.2 Å². The van der Waals surface area contributed by atoms with Crippen LogP contribution in [0.4, 0.5) is 5.95 Å². The molecule has 80 valence electrons. The first kappa shape index (κ1) is 9.56. The van der Waals surface area contributed by atoms with Crippen LogP contribution in [0.2, 0.25) is 5.02 Å². The van der Waals surface area contributed by atoms with Gasteiger partial charge < -0.3 is 5.73 Å². The second kappa shape index (κ2) is 3.43. The van der Waals surface area contributed by atoms with E-state index < -0.39 is 0 Å². The van der Waals surface area contributed by atoms with E-state index in [1.165, 1.54) is 11.3 Å². The molecule has 0 fully saturated rings. The molecule has 3 aromatic rings. The summed E-state index contributed by atoms with van der Waals surface area (Å²) in [6, 6.07) is 5.60. The van der Waals surface area contributed by atoms with Crippen LogP contribution < -0.4 is 5.73 Å². The fourth-order valence-corrected chi connectivity index (χ4v) is 2.58. The molecule has 3 N–H and O–H groups in total. The van der Waals surface area contributed by atoms with Crippen LogP contribution in [0.15, 0.2) is 18.2 Å². The normalized spacial score (nSPS) is 11.1. The Balaban J connectivity index is 2.22. The van der Waals surface area contributed by atoms with E-state index >= 15 is 0 Å². The lowest BCUT2D eigenvalue weighted by molar-refractivity contribution is 1.10. The molecule has 0 aliphatic rings. The maximum Gasteiger partial charge on any atom is 0.239 e. The summed E-state index contributed by atoms with van der Waals surface area (Å²) in [6.45, 7) is 0. The average Bonchev–Trinajstić information content (AvgIpc) is 2.84. The molecule has 1 aromatic carbocycles. The second-order valence-corrected chi connectivity index (χ2v) is 4.56. The van der Waals surface area contributed by atoms with Crippen molar-refractivity contribution in [3.8, 4) is 10.8 Å². The zero-order valence-corrected chi connectivity index (χ0v) is 9.51. The zero-order chi connectivity index (χ0) is 11.1. The number of nitrogens with one attached hydrogen (secondary N) is 1. The van der Waals surface area contributed by atoms with Crippen molar-refractivity contribution in [2.45, 2.75) is 0 Å². The van der Waals surface area contributed by atoms with Crippen LogP contribution in [-0.4, -0.2) is 20.2 Å². The quantitative estimate of drug-likeness (QED) is 0.696. The number of hydrogen-bond acceptors (Lipinski definition) is 5. The minimum atomic E-state index is 0.209. The Morgan fingerprint density at radius 2 is 2.19 bits per heavy atom. The number of aromatic amines is 1. The third-order valence-corrected chi connectivity index (χ3v) is 3.61. The molecule has 0 amide bonds. The van der Waals surface area contributed by atoms with Crippen LogP contribution in [0.3, 0.4) is 0 Å². The number of nitrogen functional groups attached to an aromatic ring is 1. The van der Waals surface area contributed by atoms with Crippen LogP contribution in [-0.2, 0) is 0 Å². The highest BCUT2D eigenvalue weighted by Gasteiger charge is 2.11. The summed E-state index contributed by atoms with van der Waals surface area (Å²) in [5, 5.41) is 7.90. The van der Waals surface area contributed by atoms with Gasteiger partial charge in [0.2, 0.25) is 5.95 Å². The monoisotopic (exact) mass is 251 g/mol. The summed E-state index contributed by atoms with van der Waals surface area (Å²) in [6.07, 6.45) is 0. The van der Waals surface area contributed by atoms with E-state index in [-0.39, 0.29) is 5.95 Å². The predicted molar refractivity (Wildman–Crippen MR) is 64.4 cm³/mol. The number of anilines is 1. The topological polar surface area (TPSA) is 80.5 Å². The Morgan fingerprint density at radius 1 is 1.31 bits per heavy atom. The van der Waals surface area contributed by atoms with Gasteiger partial charge in [-0.15, -0.1) is 16.4 Å². The largest absolute Gasteiger partial charge is 0.366 e. The van der Waals surface area contributed by atoms with Crippen LogP contribution in [0.5, 0.6) is 0 Å². The minimum Gasteiger partial charge on any atom is -0.366 e. The van der Waals surface area contributed by atoms with Crippen LogP contribution >= 0.6 is 22.9 Å². The van der Waals surface area contributed by atoms with Crippen LogP contribution in [0.25, 0.3) is 21.0 Å². The van der Waals surface area contributed by atoms with Crippen molar-refractivity contribution in [2.75, 3.05) is 5.73 Å². The van der Waals surface area contributed by atoms with Gasteiger partial charge in [-0.1, -0.05) is 17.7 Å². The highest BCUT2D eigenvalue weighted by Crippen LogP contribution is 2.32. The predicted octanol–water partition coefficient (Wildman–Crippen LogP) is 2.32. The number of rotatable bonds is 1. The van der Waals surface area contributed by atoms with Gasteiger partial charge in [0.25, 0.3) is 0 Å². The lowest BCUT2D eigenvalue weighted by atomic mass is 10.3. The molecule has 0 aliphatic heterocycles. The molecule has 2 aromatic heterocycles. The number of fused-ring (bicyclic) bond motifs is 1. The van der Waals surface area contributed by atoms with Crippen molar-refractivity contribution in [1.82, 2.24) is 20.2 Å². The van der Waals surface area contributed by atoms with Gasteiger partial charge >= 0.3 is 0 Å². The van der Waals surface area contributed by atoms with Gasteiger partial charge in [-0.25, -0.2) is 4.98 Å². The summed E-state index contributed by atoms with van der Waals surface area (Å²) in [4.78, 5) is 8.42. The molecular weight excluding hydrogens is 246 g/mol. The molecule has 0 unspecified atom stereocenters. The molecule has 0 atom stereocenters. The molecule has 0 bridgehead atoms. The summed E-state index contributed by atoms with van der Waals surface area (Å²) in [5.41, 5.74) is 6.29.